The van der Waals surface area contributed by atoms with Gasteiger partial charge in [0.15, 0.2) is 0 Å². The maximum atomic E-state index is 12.8. The Bertz CT molecular complexity index is 681. The summed E-state index contributed by atoms with van der Waals surface area (Å²) in [6, 6.07) is 2.02. The van der Waals surface area contributed by atoms with E-state index in [9.17, 15) is 9.59 Å². The maximum absolute atomic E-state index is 12.8. The van der Waals surface area contributed by atoms with E-state index in [0.717, 1.165) is 57.5 Å². The highest BCUT2D eigenvalue weighted by Crippen LogP contribution is 2.25. The van der Waals surface area contributed by atoms with Crippen molar-refractivity contribution in [2.75, 3.05) is 45.2 Å². The number of likely N-dealkylation sites (tertiary alicyclic amines) is 1. The number of hydrogen-bond donors (Lipinski definition) is 0. The summed E-state index contributed by atoms with van der Waals surface area (Å²) in [6.07, 6.45) is 6.59. The van der Waals surface area contributed by atoms with Gasteiger partial charge in [-0.25, -0.2) is 4.68 Å². The third kappa shape index (κ3) is 4.44. The predicted octanol–water partition coefficient (Wildman–Crippen LogP) is 0.939. The first-order valence-corrected chi connectivity index (χ1v) is 9.66. The van der Waals surface area contributed by atoms with Crippen LogP contribution in [0, 0.1) is 5.92 Å². The van der Waals surface area contributed by atoms with Crippen LogP contribution >= 0.6 is 0 Å². The summed E-state index contributed by atoms with van der Waals surface area (Å²) < 4.78 is 1.34. The third-order valence-electron chi connectivity index (χ3n) is 5.93. The van der Waals surface area contributed by atoms with E-state index >= 15 is 0 Å². The fourth-order valence-corrected chi connectivity index (χ4v) is 4.08. The molecule has 1 atom stereocenters. The first kappa shape index (κ1) is 18.9. The first-order valence-electron chi connectivity index (χ1n) is 9.66. The molecule has 2 aliphatic heterocycles. The van der Waals surface area contributed by atoms with E-state index in [1.165, 1.54) is 4.68 Å². The van der Waals surface area contributed by atoms with Gasteiger partial charge in [-0.05, 0) is 51.7 Å². The Morgan fingerprint density at radius 2 is 1.96 bits per heavy atom. The number of carbonyl (C=O) groups is 1. The second kappa shape index (κ2) is 8.20. The summed E-state index contributed by atoms with van der Waals surface area (Å²) >= 11 is 0. The fourth-order valence-electron chi connectivity index (χ4n) is 4.08. The number of carbonyl (C=O) groups excluding carboxylic acids is 1. The summed E-state index contributed by atoms with van der Waals surface area (Å²) in [5, 5.41) is 4.12. The van der Waals surface area contributed by atoms with Crippen LogP contribution in [0.1, 0.15) is 32.1 Å². The molecule has 1 aromatic heterocycles. The van der Waals surface area contributed by atoms with Crippen LogP contribution in [0.25, 0.3) is 0 Å². The van der Waals surface area contributed by atoms with Crippen molar-refractivity contribution in [3.63, 3.8) is 0 Å². The molecule has 0 radical (unpaired) electrons. The van der Waals surface area contributed by atoms with Crippen LogP contribution in [0.4, 0.5) is 5.69 Å². The van der Waals surface area contributed by atoms with E-state index in [2.05, 4.69) is 21.9 Å². The van der Waals surface area contributed by atoms with Crippen molar-refractivity contribution in [3.8, 4) is 0 Å². The molecule has 2 fully saturated rings. The van der Waals surface area contributed by atoms with Gasteiger partial charge in [-0.15, -0.1) is 0 Å². The SMILES string of the molecule is CN1CCC(N(C)C(=O)CC2CCCN(c3cnn(C)c(=O)c3)C2)CC1. The van der Waals surface area contributed by atoms with Crippen LogP contribution in [-0.4, -0.2) is 71.8 Å². The molecular weight excluding hydrogens is 330 g/mol. The lowest BCUT2D eigenvalue weighted by atomic mass is 9.93. The number of hydrogen-bond acceptors (Lipinski definition) is 5. The smallest absolute Gasteiger partial charge is 0.268 e. The van der Waals surface area contributed by atoms with Gasteiger partial charge >= 0.3 is 0 Å². The average Bonchev–Trinajstić information content (AvgIpc) is 2.64. The molecule has 0 aliphatic carbocycles. The van der Waals surface area contributed by atoms with Crippen molar-refractivity contribution < 1.29 is 4.79 Å². The minimum absolute atomic E-state index is 0.0947. The standard InChI is InChI=1S/C19H31N5O2/c1-21-9-6-16(7-10-21)22(2)18(25)11-15-5-4-8-24(14-15)17-12-19(26)23(3)20-13-17/h12-13,15-16H,4-11,14H2,1-3H3. The van der Waals surface area contributed by atoms with Crippen LogP contribution in [0.5, 0.6) is 0 Å². The molecule has 3 heterocycles. The highest BCUT2D eigenvalue weighted by Gasteiger charge is 2.28. The average molecular weight is 361 g/mol. The van der Waals surface area contributed by atoms with Gasteiger partial charge in [0.05, 0.1) is 11.9 Å². The number of anilines is 1. The van der Waals surface area contributed by atoms with Gasteiger partial charge in [-0.3, -0.25) is 9.59 Å². The summed E-state index contributed by atoms with van der Waals surface area (Å²) in [4.78, 5) is 31.1. The molecule has 0 aromatic carbocycles. The fraction of sp³-hybridized carbons (Fsp3) is 0.737. The molecule has 1 unspecified atom stereocenters. The molecule has 3 rings (SSSR count). The Morgan fingerprint density at radius 3 is 2.65 bits per heavy atom. The molecule has 1 aromatic rings. The largest absolute Gasteiger partial charge is 0.370 e. The van der Waals surface area contributed by atoms with E-state index in [4.69, 9.17) is 0 Å². The zero-order valence-electron chi connectivity index (χ0n) is 16.2. The highest BCUT2D eigenvalue weighted by molar-refractivity contribution is 5.76. The summed E-state index contributed by atoms with van der Waals surface area (Å²) in [7, 11) is 5.76. The van der Waals surface area contributed by atoms with Crippen LogP contribution in [0.2, 0.25) is 0 Å². The van der Waals surface area contributed by atoms with E-state index in [0.29, 0.717) is 18.4 Å². The number of nitrogens with zero attached hydrogens (tertiary/aromatic N) is 5. The Hall–Kier alpha value is -1.89. The van der Waals surface area contributed by atoms with Crippen molar-refractivity contribution in [1.82, 2.24) is 19.6 Å². The van der Waals surface area contributed by atoms with Crippen LogP contribution in [-0.2, 0) is 11.8 Å². The molecule has 1 amide bonds. The van der Waals surface area contributed by atoms with Crippen molar-refractivity contribution in [2.24, 2.45) is 13.0 Å². The topological polar surface area (TPSA) is 61.7 Å². The molecule has 2 saturated heterocycles. The van der Waals surface area contributed by atoms with Crippen molar-refractivity contribution in [2.45, 2.75) is 38.1 Å². The van der Waals surface area contributed by atoms with Gasteiger partial charge in [0.1, 0.15) is 0 Å². The maximum Gasteiger partial charge on any atom is 0.268 e. The number of amides is 1. The minimum atomic E-state index is -0.0947. The van der Waals surface area contributed by atoms with Crippen molar-refractivity contribution in [3.05, 3.63) is 22.6 Å². The van der Waals surface area contributed by atoms with Gasteiger partial charge in [-0.2, -0.15) is 5.10 Å². The molecule has 26 heavy (non-hydrogen) atoms. The van der Waals surface area contributed by atoms with Crippen molar-refractivity contribution in [1.29, 1.82) is 0 Å². The lowest BCUT2D eigenvalue weighted by molar-refractivity contribution is -0.133. The Balaban J connectivity index is 1.56. The molecule has 7 nitrogen and oxygen atoms in total. The van der Waals surface area contributed by atoms with E-state index in [1.807, 2.05) is 11.9 Å². The molecule has 0 saturated carbocycles. The monoisotopic (exact) mass is 361 g/mol. The number of aromatic nitrogens is 2. The van der Waals surface area contributed by atoms with Crippen LogP contribution in [0.3, 0.4) is 0 Å². The van der Waals surface area contributed by atoms with E-state index < -0.39 is 0 Å². The Morgan fingerprint density at radius 1 is 1.23 bits per heavy atom. The Kier molecular flexibility index (Phi) is 5.96. The number of rotatable bonds is 4. The van der Waals surface area contributed by atoms with Gasteiger partial charge in [0, 0.05) is 45.7 Å². The second-order valence-corrected chi connectivity index (χ2v) is 7.87. The molecular formula is C19H31N5O2. The summed E-state index contributed by atoms with van der Waals surface area (Å²) in [5.74, 6) is 0.600. The predicted molar refractivity (Wildman–Crippen MR) is 102 cm³/mol. The van der Waals surface area contributed by atoms with Gasteiger partial charge in [0.25, 0.3) is 5.56 Å². The lowest BCUT2D eigenvalue weighted by Gasteiger charge is -2.37. The minimum Gasteiger partial charge on any atom is -0.370 e. The van der Waals surface area contributed by atoms with Gasteiger partial charge in [0.2, 0.25) is 5.91 Å². The second-order valence-electron chi connectivity index (χ2n) is 7.87. The molecule has 0 N–H and O–H groups in total. The quantitative estimate of drug-likeness (QED) is 0.799. The van der Waals surface area contributed by atoms with Gasteiger partial charge < -0.3 is 14.7 Å². The number of aryl methyl sites for hydroxylation is 1. The summed E-state index contributed by atoms with van der Waals surface area (Å²) in [6.45, 7) is 3.87. The molecule has 0 spiro atoms. The van der Waals surface area contributed by atoms with E-state index in [-0.39, 0.29) is 11.5 Å². The van der Waals surface area contributed by atoms with E-state index in [1.54, 1.807) is 19.3 Å². The van der Waals surface area contributed by atoms with Crippen LogP contribution < -0.4 is 10.5 Å². The molecule has 144 valence electrons. The zero-order valence-corrected chi connectivity index (χ0v) is 16.2. The Labute approximate surface area is 155 Å². The lowest BCUT2D eigenvalue weighted by Crippen LogP contribution is -2.46. The summed E-state index contributed by atoms with van der Waals surface area (Å²) in [5.41, 5.74) is 0.775. The number of piperidine rings is 2. The molecule has 2 aliphatic rings. The third-order valence-corrected chi connectivity index (χ3v) is 5.93. The molecule has 7 heteroatoms. The highest BCUT2D eigenvalue weighted by atomic mass is 16.2. The van der Waals surface area contributed by atoms with Crippen LogP contribution in [0.15, 0.2) is 17.1 Å². The van der Waals surface area contributed by atoms with Crippen molar-refractivity contribution >= 4 is 11.6 Å². The van der Waals surface area contributed by atoms with Gasteiger partial charge in [-0.1, -0.05) is 0 Å². The zero-order chi connectivity index (χ0) is 18.7. The normalized spacial score (nSPS) is 22.4. The molecule has 0 bridgehead atoms. The first-order chi connectivity index (χ1) is 12.4.